The Morgan fingerprint density at radius 1 is 1.08 bits per heavy atom. The van der Waals surface area contributed by atoms with Crippen LogP contribution in [0.5, 0.6) is 5.88 Å². The second-order valence-electron chi connectivity index (χ2n) is 5.51. The smallest absolute Gasteiger partial charge is 0.295 e. The molecule has 0 saturated carbocycles. The molecule has 0 aliphatic rings. The average molecular weight is 336 g/mol. The predicted molar refractivity (Wildman–Crippen MR) is 94.2 cm³/mol. The van der Waals surface area contributed by atoms with E-state index in [2.05, 4.69) is 15.5 Å². The summed E-state index contributed by atoms with van der Waals surface area (Å²) in [5.74, 6) is -0.786. The molecule has 126 valence electrons. The SMILES string of the molecule is CC(=O)Nc1ccc(C(=O)N=Nc2c(O)n(C)c3ccccc23)cc1. The first-order chi connectivity index (χ1) is 12.0. The normalized spacial score (nSPS) is 11.1. The molecule has 2 N–H and O–H groups in total. The van der Waals surface area contributed by atoms with Gasteiger partial charge in [-0.25, -0.2) is 0 Å². The number of fused-ring (bicyclic) bond motifs is 1. The number of para-hydroxylation sites is 1. The number of amides is 2. The van der Waals surface area contributed by atoms with Gasteiger partial charge in [0.1, 0.15) is 0 Å². The van der Waals surface area contributed by atoms with Gasteiger partial charge in [-0.1, -0.05) is 18.2 Å². The maximum Gasteiger partial charge on any atom is 0.295 e. The molecule has 3 aromatic rings. The van der Waals surface area contributed by atoms with E-state index < -0.39 is 5.91 Å². The quantitative estimate of drug-likeness (QED) is 0.713. The first-order valence-corrected chi connectivity index (χ1v) is 7.57. The highest BCUT2D eigenvalue weighted by Crippen LogP contribution is 2.37. The lowest BCUT2D eigenvalue weighted by molar-refractivity contribution is -0.114. The van der Waals surface area contributed by atoms with Gasteiger partial charge >= 0.3 is 0 Å². The largest absolute Gasteiger partial charge is 0.493 e. The molecule has 0 saturated heterocycles. The van der Waals surface area contributed by atoms with Crippen molar-refractivity contribution in [3.05, 3.63) is 54.1 Å². The number of nitrogens with zero attached hydrogens (tertiary/aromatic N) is 3. The number of nitrogens with one attached hydrogen (secondary N) is 1. The van der Waals surface area contributed by atoms with E-state index in [9.17, 15) is 14.7 Å². The van der Waals surface area contributed by atoms with Gasteiger partial charge in [0, 0.05) is 30.6 Å². The highest BCUT2D eigenvalue weighted by Gasteiger charge is 2.14. The van der Waals surface area contributed by atoms with Crippen LogP contribution in [0.15, 0.2) is 58.8 Å². The molecular weight excluding hydrogens is 320 g/mol. The van der Waals surface area contributed by atoms with E-state index in [0.29, 0.717) is 16.6 Å². The number of aromatic hydroxyl groups is 1. The molecule has 1 heterocycles. The van der Waals surface area contributed by atoms with Gasteiger partial charge in [-0.05, 0) is 30.3 Å². The third-order valence-corrected chi connectivity index (χ3v) is 3.74. The Bertz CT molecular complexity index is 987. The summed E-state index contributed by atoms with van der Waals surface area (Å²) in [5, 5.41) is 21.2. The highest BCUT2D eigenvalue weighted by atomic mass is 16.3. The topological polar surface area (TPSA) is 96.1 Å². The van der Waals surface area contributed by atoms with Crippen molar-refractivity contribution in [2.24, 2.45) is 17.3 Å². The molecule has 2 aromatic carbocycles. The van der Waals surface area contributed by atoms with E-state index in [0.717, 1.165) is 5.52 Å². The molecule has 0 fully saturated rings. The average Bonchev–Trinajstić information content (AvgIpc) is 2.84. The number of benzene rings is 2. The number of hydrogen-bond donors (Lipinski definition) is 2. The van der Waals surface area contributed by atoms with Gasteiger partial charge in [0.2, 0.25) is 11.8 Å². The van der Waals surface area contributed by atoms with Crippen LogP contribution in [0.2, 0.25) is 0 Å². The number of rotatable bonds is 3. The predicted octanol–water partition coefficient (Wildman–Crippen LogP) is 3.77. The van der Waals surface area contributed by atoms with E-state index in [4.69, 9.17) is 0 Å². The Morgan fingerprint density at radius 2 is 1.76 bits per heavy atom. The van der Waals surface area contributed by atoms with Crippen molar-refractivity contribution in [1.82, 2.24) is 4.57 Å². The molecule has 0 atom stereocenters. The van der Waals surface area contributed by atoms with Crippen molar-refractivity contribution in [2.45, 2.75) is 6.92 Å². The van der Waals surface area contributed by atoms with Crippen LogP contribution >= 0.6 is 0 Å². The fourth-order valence-corrected chi connectivity index (χ4v) is 2.51. The van der Waals surface area contributed by atoms with Crippen molar-refractivity contribution in [1.29, 1.82) is 0 Å². The third-order valence-electron chi connectivity index (χ3n) is 3.74. The number of azo groups is 1. The van der Waals surface area contributed by atoms with Gasteiger partial charge in [0.15, 0.2) is 5.69 Å². The summed E-state index contributed by atoms with van der Waals surface area (Å²) in [6.45, 7) is 1.41. The summed E-state index contributed by atoms with van der Waals surface area (Å²) in [4.78, 5) is 23.2. The zero-order valence-electron chi connectivity index (χ0n) is 13.7. The summed E-state index contributed by atoms with van der Waals surface area (Å²) in [6, 6.07) is 13.6. The summed E-state index contributed by atoms with van der Waals surface area (Å²) < 4.78 is 1.58. The Balaban J connectivity index is 1.86. The molecular formula is C18H16N4O3. The summed E-state index contributed by atoms with van der Waals surface area (Å²) in [5.41, 5.74) is 1.97. The molecule has 0 bridgehead atoms. The molecule has 1 aromatic heterocycles. The number of aromatic nitrogens is 1. The van der Waals surface area contributed by atoms with Crippen LogP contribution in [0.1, 0.15) is 17.3 Å². The lowest BCUT2D eigenvalue weighted by Crippen LogP contribution is -2.05. The molecule has 25 heavy (non-hydrogen) atoms. The first kappa shape index (κ1) is 16.4. The fraction of sp³-hybridized carbons (Fsp3) is 0.111. The standard InChI is InChI=1S/C18H16N4O3/c1-11(23)19-13-9-7-12(8-10-13)17(24)21-20-16-14-5-3-4-6-15(14)22(2)18(16)25/h3-10,25H,1-2H3,(H,19,23). The van der Waals surface area contributed by atoms with E-state index >= 15 is 0 Å². The van der Waals surface area contributed by atoms with Crippen LogP contribution < -0.4 is 5.32 Å². The van der Waals surface area contributed by atoms with Crippen LogP contribution in [0.4, 0.5) is 11.4 Å². The molecule has 0 aliphatic carbocycles. The molecule has 0 radical (unpaired) electrons. The highest BCUT2D eigenvalue weighted by molar-refractivity contribution is 5.98. The van der Waals surface area contributed by atoms with Gasteiger partial charge in [0.25, 0.3) is 5.91 Å². The minimum atomic E-state index is -0.540. The van der Waals surface area contributed by atoms with Crippen LogP contribution in [0.25, 0.3) is 10.9 Å². The van der Waals surface area contributed by atoms with Gasteiger partial charge < -0.3 is 15.0 Å². The summed E-state index contributed by atoms with van der Waals surface area (Å²) in [7, 11) is 1.71. The van der Waals surface area contributed by atoms with Crippen LogP contribution in [-0.4, -0.2) is 21.5 Å². The lowest BCUT2D eigenvalue weighted by atomic mass is 10.2. The van der Waals surface area contributed by atoms with Crippen LogP contribution in [0, 0.1) is 0 Å². The van der Waals surface area contributed by atoms with Crippen molar-refractivity contribution < 1.29 is 14.7 Å². The molecule has 0 spiro atoms. The third kappa shape index (κ3) is 3.25. The van der Waals surface area contributed by atoms with Crippen LogP contribution in [-0.2, 0) is 11.8 Å². The molecule has 7 nitrogen and oxygen atoms in total. The van der Waals surface area contributed by atoms with Crippen molar-refractivity contribution >= 4 is 34.1 Å². The van der Waals surface area contributed by atoms with Gasteiger partial charge in [-0.3, -0.25) is 9.59 Å². The molecule has 2 amide bonds. The number of carbonyl (C=O) groups excluding carboxylic acids is 2. The zero-order chi connectivity index (χ0) is 18.0. The van der Waals surface area contributed by atoms with Crippen molar-refractivity contribution in [3.63, 3.8) is 0 Å². The zero-order valence-corrected chi connectivity index (χ0v) is 13.7. The maximum absolute atomic E-state index is 12.2. The minimum Gasteiger partial charge on any atom is -0.493 e. The van der Waals surface area contributed by atoms with Crippen molar-refractivity contribution in [3.8, 4) is 5.88 Å². The minimum absolute atomic E-state index is 0.0567. The summed E-state index contributed by atoms with van der Waals surface area (Å²) in [6.07, 6.45) is 0. The van der Waals surface area contributed by atoms with E-state index in [1.165, 1.54) is 6.92 Å². The second kappa shape index (κ2) is 6.56. The maximum atomic E-state index is 12.2. The number of carbonyl (C=O) groups is 2. The van der Waals surface area contributed by atoms with Crippen LogP contribution in [0.3, 0.4) is 0 Å². The Morgan fingerprint density at radius 3 is 2.44 bits per heavy atom. The van der Waals surface area contributed by atoms with E-state index in [-0.39, 0.29) is 17.5 Å². The van der Waals surface area contributed by atoms with E-state index in [1.807, 2.05) is 18.2 Å². The first-order valence-electron chi connectivity index (χ1n) is 7.57. The van der Waals surface area contributed by atoms with Gasteiger partial charge in [-0.15, -0.1) is 10.2 Å². The second-order valence-corrected chi connectivity index (χ2v) is 5.51. The fourth-order valence-electron chi connectivity index (χ4n) is 2.51. The monoisotopic (exact) mass is 336 g/mol. The Kier molecular flexibility index (Phi) is 4.30. The Labute approximate surface area is 143 Å². The number of aryl methyl sites for hydroxylation is 1. The van der Waals surface area contributed by atoms with Crippen molar-refractivity contribution in [2.75, 3.05) is 5.32 Å². The molecule has 3 rings (SSSR count). The lowest BCUT2D eigenvalue weighted by Gasteiger charge is -2.01. The Hall–Kier alpha value is -3.48. The summed E-state index contributed by atoms with van der Waals surface area (Å²) >= 11 is 0. The van der Waals surface area contributed by atoms with Gasteiger partial charge in [-0.2, -0.15) is 0 Å². The molecule has 7 heteroatoms. The number of hydrogen-bond acceptors (Lipinski definition) is 4. The molecule has 0 unspecified atom stereocenters. The number of anilines is 1. The van der Waals surface area contributed by atoms with Gasteiger partial charge in [0.05, 0.1) is 5.52 Å². The molecule has 0 aliphatic heterocycles. The van der Waals surface area contributed by atoms with E-state index in [1.54, 1.807) is 41.9 Å².